The molecule has 1 saturated heterocycles. The second kappa shape index (κ2) is 12.9. The topological polar surface area (TPSA) is 43.9 Å². The van der Waals surface area contributed by atoms with Gasteiger partial charge in [0.05, 0.1) is 0 Å². The number of carbonyl (C=O) groups is 2. The minimum atomic E-state index is -0.367. The Bertz CT molecular complexity index is 758. The van der Waals surface area contributed by atoms with Crippen LogP contribution in [0.25, 0.3) is 0 Å². The summed E-state index contributed by atoms with van der Waals surface area (Å²) in [6, 6.07) is 0. The summed E-state index contributed by atoms with van der Waals surface area (Å²) in [5.41, 5.74) is 1.51. The number of allylic oxidation sites excluding steroid dienone is 1. The smallest absolute Gasteiger partial charge is 0.228 e. The first-order valence-corrected chi connectivity index (χ1v) is 15.0. The number of amides is 2. The Morgan fingerprint density at radius 2 is 1.64 bits per heavy atom. The van der Waals surface area contributed by atoms with Crippen molar-refractivity contribution in [1.29, 1.82) is 0 Å². The van der Waals surface area contributed by atoms with Gasteiger partial charge in [-0.05, 0) is 36.5 Å². The lowest BCUT2D eigenvalue weighted by Crippen LogP contribution is -2.53. The molecule has 0 N–H and O–H groups in total. The first-order valence-electron chi connectivity index (χ1n) is 15.0. The quantitative estimate of drug-likeness (QED) is 0.225. The van der Waals surface area contributed by atoms with Gasteiger partial charge in [0.15, 0.2) is 0 Å². The summed E-state index contributed by atoms with van der Waals surface area (Å²) in [6.07, 6.45) is 14.4. The number of nitrogens with zero attached hydrogens (tertiary/aromatic N) is 3. The second-order valence-corrected chi connectivity index (χ2v) is 13.4. The van der Waals surface area contributed by atoms with E-state index in [1.165, 1.54) is 56.9 Å². The van der Waals surface area contributed by atoms with E-state index in [-0.39, 0.29) is 11.3 Å². The predicted molar refractivity (Wildman–Crippen MR) is 150 cm³/mol. The van der Waals surface area contributed by atoms with Crippen LogP contribution in [0.3, 0.4) is 0 Å². The van der Waals surface area contributed by atoms with Crippen LogP contribution in [0.4, 0.5) is 0 Å². The van der Waals surface area contributed by atoms with E-state index >= 15 is 0 Å². The number of rotatable bonds is 13. The minimum Gasteiger partial charge on any atom is -0.340 e. The third kappa shape index (κ3) is 7.58. The second-order valence-electron chi connectivity index (χ2n) is 13.4. The molecule has 2 bridgehead atoms. The highest BCUT2D eigenvalue weighted by Crippen LogP contribution is 2.59. The highest BCUT2D eigenvalue weighted by atomic mass is 16.2. The lowest BCUT2D eigenvalue weighted by molar-refractivity contribution is -0.139. The normalized spacial score (nSPS) is 23.7. The largest absolute Gasteiger partial charge is 0.340 e. The van der Waals surface area contributed by atoms with Crippen LogP contribution < -0.4 is 0 Å². The molecule has 0 aromatic rings. The zero-order valence-corrected chi connectivity index (χ0v) is 24.4. The molecule has 3 aliphatic carbocycles. The van der Waals surface area contributed by atoms with Crippen LogP contribution in [0.2, 0.25) is 0 Å². The minimum absolute atomic E-state index is 0.256. The van der Waals surface area contributed by atoms with Crippen molar-refractivity contribution in [2.75, 3.05) is 45.8 Å². The molecule has 2 amide bonds. The summed E-state index contributed by atoms with van der Waals surface area (Å²) in [5, 5.41) is 0. The Labute approximate surface area is 222 Å². The lowest BCUT2D eigenvalue weighted by Gasteiger charge is -2.57. The van der Waals surface area contributed by atoms with Gasteiger partial charge in [0.1, 0.15) is 0 Å². The van der Waals surface area contributed by atoms with E-state index in [9.17, 15) is 9.59 Å². The summed E-state index contributed by atoms with van der Waals surface area (Å²) in [4.78, 5) is 32.7. The van der Waals surface area contributed by atoms with Crippen LogP contribution >= 0.6 is 0 Å². The number of carbonyl (C=O) groups excluding carboxylic acids is 2. The molecule has 2 fully saturated rings. The summed E-state index contributed by atoms with van der Waals surface area (Å²) in [5.74, 6) is 2.05. The number of unbranched alkanes of at least 4 members (excludes halogenated alkanes) is 6. The van der Waals surface area contributed by atoms with Crippen LogP contribution in [0.5, 0.6) is 0 Å². The molecule has 2 unspecified atom stereocenters. The van der Waals surface area contributed by atoms with Gasteiger partial charge < -0.3 is 9.80 Å². The molecule has 5 heteroatoms. The van der Waals surface area contributed by atoms with E-state index in [0.717, 1.165) is 58.2 Å². The highest BCUT2D eigenvalue weighted by Gasteiger charge is 2.51. The average molecular weight is 502 g/mol. The molecule has 2 atom stereocenters. The van der Waals surface area contributed by atoms with E-state index in [1.54, 1.807) is 0 Å². The zero-order chi connectivity index (χ0) is 26.3. The molecule has 206 valence electrons. The molecular formula is C31H55N3O2. The van der Waals surface area contributed by atoms with Crippen molar-refractivity contribution in [2.24, 2.45) is 22.7 Å². The summed E-state index contributed by atoms with van der Waals surface area (Å²) >= 11 is 0. The van der Waals surface area contributed by atoms with Crippen LogP contribution in [0, 0.1) is 22.7 Å². The van der Waals surface area contributed by atoms with Gasteiger partial charge in [0.25, 0.3) is 0 Å². The van der Waals surface area contributed by atoms with Gasteiger partial charge in [-0.3, -0.25) is 14.5 Å². The molecule has 5 nitrogen and oxygen atoms in total. The SMILES string of the molecule is CCCCCCCCCC(=O)N1CCN(CCN(CC2=CCC3CC2C3(C)C)C(=O)C(C)(C)C)CC1. The lowest BCUT2D eigenvalue weighted by atomic mass is 9.49. The van der Waals surface area contributed by atoms with Crippen molar-refractivity contribution in [1.82, 2.24) is 14.7 Å². The Hall–Kier alpha value is -1.36. The van der Waals surface area contributed by atoms with Gasteiger partial charge in [0, 0.05) is 57.6 Å². The molecule has 1 saturated carbocycles. The Kier molecular flexibility index (Phi) is 10.5. The van der Waals surface area contributed by atoms with Crippen molar-refractivity contribution < 1.29 is 9.59 Å². The van der Waals surface area contributed by atoms with Gasteiger partial charge in [0.2, 0.25) is 11.8 Å². The molecule has 4 aliphatic rings. The maximum atomic E-state index is 13.4. The fourth-order valence-corrected chi connectivity index (χ4v) is 6.48. The van der Waals surface area contributed by atoms with Crippen LogP contribution in [0.15, 0.2) is 11.6 Å². The molecule has 4 rings (SSSR count). The van der Waals surface area contributed by atoms with Crippen molar-refractivity contribution >= 4 is 11.8 Å². The number of fused-ring (bicyclic) bond motifs is 1. The fraction of sp³-hybridized carbons (Fsp3) is 0.871. The summed E-state index contributed by atoms with van der Waals surface area (Å²) < 4.78 is 0. The molecule has 1 aliphatic heterocycles. The van der Waals surface area contributed by atoms with Crippen molar-refractivity contribution in [2.45, 2.75) is 106 Å². The van der Waals surface area contributed by atoms with Crippen molar-refractivity contribution in [3.05, 3.63) is 11.6 Å². The summed E-state index contributed by atoms with van der Waals surface area (Å²) in [7, 11) is 0. The molecule has 0 spiro atoms. The highest BCUT2D eigenvalue weighted by molar-refractivity contribution is 5.81. The van der Waals surface area contributed by atoms with Gasteiger partial charge in [-0.2, -0.15) is 0 Å². The number of piperazine rings is 1. The van der Waals surface area contributed by atoms with Gasteiger partial charge in [-0.1, -0.05) is 91.7 Å². The Balaban J connectivity index is 1.41. The molecule has 0 aromatic heterocycles. The molecule has 36 heavy (non-hydrogen) atoms. The van der Waals surface area contributed by atoms with Gasteiger partial charge >= 0.3 is 0 Å². The first kappa shape index (κ1) is 29.2. The van der Waals surface area contributed by atoms with E-state index < -0.39 is 0 Å². The standard InChI is InChI=1S/C31H55N3O2/c1-7-8-9-10-11-12-13-14-28(35)33-20-17-32(18-21-33)19-22-34(29(36)30(2,3)4)24-25-15-16-26-23-27(25)31(26,5)6/h15,26-27H,7-14,16-24H2,1-6H3. The number of hydrogen-bond acceptors (Lipinski definition) is 3. The van der Waals surface area contributed by atoms with Gasteiger partial charge in [-0.15, -0.1) is 0 Å². The van der Waals surface area contributed by atoms with Crippen LogP contribution in [0.1, 0.15) is 106 Å². The monoisotopic (exact) mass is 501 g/mol. The molecule has 1 heterocycles. The van der Waals surface area contributed by atoms with Crippen molar-refractivity contribution in [3.63, 3.8) is 0 Å². The Morgan fingerprint density at radius 1 is 1.00 bits per heavy atom. The average Bonchev–Trinajstić information content (AvgIpc) is 2.85. The predicted octanol–water partition coefficient (Wildman–Crippen LogP) is 6.14. The molecule has 0 radical (unpaired) electrons. The molecular weight excluding hydrogens is 446 g/mol. The van der Waals surface area contributed by atoms with Crippen LogP contribution in [-0.4, -0.2) is 72.3 Å². The van der Waals surface area contributed by atoms with E-state index in [2.05, 4.69) is 41.5 Å². The third-order valence-electron chi connectivity index (χ3n) is 9.29. The maximum absolute atomic E-state index is 13.4. The maximum Gasteiger partial charge on any atom is 0.228 e. The van der Waals surface area contributed by atoms with E-state index in [1.807, 2.05) is 20.8 Å². The first-order chi connectivity index (χ1) is 17.0. The Morgan fingerprint density at radius 3 is 2.22 bits per heavy atom. The zero-order valence-electron chi connectivity index (χ0n) is 24.4. The van der Waals surface area contributed by atoms with E-state index in [4.69, 9.17) is 0 Å². The van der Waals surface area contributed by atoms with E-state index in [0.29, 0.717) is 23.7 Å². The van der Waals surface area contributed by atoms with Gasteiger partial charge in [-0.25, -0.2) is 0 Å². The van der Waals surface area contributed by atoms with Crippen LogP contribution in [-0.2, 0) is 9.59 Å². The number of hydrogen-bond donors (Lipinski definition) is 0. The third-order valence-corrected chi connectivity index (χ3v) is 9.29. The molecule has 0 aromatic carbocycles. The summed E-state index contributed by atoms with van der Waals surface area (Å²) in [6.45, 7) is 19.1. The van der Waals surface area contributed by atoms with Crippen molar-refractivity contribution in [3.8, 4) is 0 Å². The fourth-order valence-electron chi connectivity index (χ4n) is 6.48.